The zero-order valence-electron chi connectivity index (χ0n) is 9.69. The van der Waals surface area contributed by atoms with E-state index in [2.05, 4.69) is 22.9 Å². The fourth-order valence-corrected chi connectivity index (χ4v) is 1.86. The molecule has 1 aromatic heterocycles. The monoisotopic (exact) mass is 215 g/mol. The highest BCUT2D eigenvalue weighted by Crippen LogP contribution is 2.31. The minimum Gasteiger partial charge on any atom is -0.367 e. The smallest absolute Gasteiger partial charge is 0.140 e. The summed E-state index contributed by atoms with van der Waals surface area (Å²) in [7, 11) is 0. The molecule has 1 aliphatic rings. The fourth-order valence-electron chi connectivity index (χ4n) is 1.86. The molecule has 84 valence electrons. The maximum absolute atomic E-state index is 8.70. The Morgan fingerprint density at radius 2 is 2.31 bits per heavy atom. The van der Waals surface area contributed by atoms with Crippen LogP contribution in [0.4, 0.5) is 5.69 Å². The standard InChI is InChI=1S/C13H17N3/c1-2-3-8-16(12-6-7-12)13-5-4-11(9-14)15-10-13/h4-5,10,12H,2-3,6-8H2,1H3. The average Bonchev–Trinajstić information content (AvgIpc) is 3.15. The topological polar surface area (TPSA) is 39.9 Å². The number of unbranched alkanes of at least 4 members (excludes halogenated alkanes) is 1. The minimum atomic E-state index is 0.495. The van der Waals surface area contributed by atoms with Gasteiger partial charge in [-0.15, -0.1) is 0 Å². The fraction of sp³-hybridized carbons (Fsp3) is 0.538. The van der Waals surface area contributed by atoms with Crippen LogP contribution < -0.4 is 4.90 Å². The number of aromatic nitrogens is 1. The number of hydrogen-bond acceptors (Lipinski definition) is 3. The van der Waals surface area contributed by atoms with Crippen LogP contribution in [0, 0.1) is 11.3 Å². The number of pyridine rings is 1. The van der Waals surface area contributed by atoms with Crippen LogP contribution in [0.3, 0.4) is 0 Å². The third-order valence-electron chi connectivity index (χ3n) is 2.93. The van der Waals surface area contributed by atoms with Gasteiger partial charge in [0.05, 0.1) is 11.9 Å². The first-order valence-corrected chi connectivity index (χ1v) is 5.98. The third-order valence-corrected chi connectivity index (χ3v) is 2.93. The van der Waals surface area contributed by atoms with Crippen molar-refractivity contribution >= 4 is 5.69 Å². The van der Waals surface area contributed by atoms with Crippen molar-refractivity contribution in [3.05, 3.63) is 24.0 Å². The van der Waals surface area contributed by atoms with Crippen LogP contribution in [-0.2, 0) is 0 Å². The largest absolute Gasteiger partial charge is 0.367 e. The molecule has 0 atom stereocenters. The van der Waals surface area contributed by atoms with E-state index < -0.39 is 0 Å². The summed E-state index contributed by atoms with van der Waals surface area (Å²) in [6.45, 7) is 3.32. The first kappa shape index (κ1) is 10.9. The summed E-state index contributed by atoms with van der Waals surface area (Å²) < 4.78 is 0. The predicted molar refractivity (Wildman–Crippen MR) is 64.2 cm³/mol. The van der Waals surface area contributed by atoms with Gasteiger partial charge in [-0.2, -0.15) is 5.26 Å². The van der Waals surface area contributed by atoms with Gasteiger partial charge < -0.3 is 4.90 Å². The van der Waals surface area contributed by atoms with Crippen LogP contribution in [0.2, 0.25) is 0 Å². The Balaban J connectivity index is 2.08. The highest BCUT2D eigenvalue weighted by molar-refractivity contribution is 5.48. The zero-order chi connectivity index (χ0) is 11.4. The summed E-state index contributed by atoms with van der Waals surface area (Å²) in [5, 5.41) is 8.70. The van der Waals surface area contributed by atoms with Gasteiger partial charge in [-0.05, 0) is 31.4 Å². The summed E-state index contributed by atoms with van der Waals surface area (Å²) in [6.07, 6.45) is 6.85. The van der Waals surface area contributed by atoms with Gasteiger partial charge in [-0.3, -0.25) is 0 Å². The van der Waals surface area contributed by atoms with Gasteiger partial charge in [0, 0.05) is 12.6 Å². The Morgan fingerprint density at radius 1 is 1.50 bits per heavy atom. The highest BCUT2D eigenvalue weighted by Gasteiger charge is 2.28. The van der Waals surface area contributed by atoms with Gasteiger partial charge in [0.1, 0.15) is 11.8 Å². The molecule has 1 saturated carbocycles. The van der Waals surface area contributed by atoms with Crippen molar-refractivity contribution in [1.29, 1.82) is 5.26 Å². The van der Waals surface area contributed by atoms with E-state index in [9.17, 15) is 0 Å². The zero-order valence-corrected chi connectivity index (χ0v) is 9.69. The Morgan fingerprint density at radius 3 is 2.81 bits per heavy atom. The van der Waals surface area contributed by atoms with Gasteiger partial charge in [0.15, 0.2) is 0 Å². The Kier molecular flexibility index (Phi) is 3.40. The second-order valence-electron chi connectivity index (χ2n) is 4.29. The normalized spacial score (nSPS) is 14.5. The van der Waals surface area contributed by atoms with E-state index >= 15 is 0 Å². The molecule has 2 rings (SSSR count). The first-order chi connectivity index (χ1) is 7.85. The quantitative estimate of drug-likeness (QED) is 0.758. The average molecular weight is 215 g/mol. The molecule has 1 aromatic rings. The van der Waals surface area contributed by atoms with Crippen molar-refractivity contribution in [2.24, 2.45) is 0 Å². The lowest BCUT2D eigenvalue weighted by Crippen LogP contribution is -2.26. The number of nitrogens with zero attached hydrogens (tertiary/aromatic N) is 3. The van der Waals surface area contributed by atoms with Crippen LogP contribution in [-0.4, -0.2) is 17.6 Å². The first-order valence-electron chi connectivity index (χ1n) is 5.98. The Labute approximate surface area is 96.7 Å². The number of rotatable bonds is 5. The van der Waals surface area contributed by atoms with E-state index in [1.807, 2.05) is 12.3 Å². The summed E-state index contributed by atoms with van der Waals surface area (Å²) in [6, 6.07) is 6.58. The van der Waals surface area contributed by atoms with Gasteiger partial charge in [0.25, 0.3) is 0 Å². The van der Waals surface area contributed by atoms with Crippen LogP contribution >= 0.6 is 0 Å². The molecule has 0 spiro atoms. The van der Waals surface area contributed by atoms with E-state index in [0.717, 1.165) is 12.2 Å². The molecule has 0 bridgehead atoms. The molecule has 3 nitrogen and oxygen atoms in total. The number of nitriles is 1. The lowest BCUT2D eigenvalue weighted by atomic mass is 10.2. The van der Waals surface area contributed by atoms with Crippen molar-refractivity contribution in [3.63, 3.8) is 0 Å². The molecule has 1 fully saturated rings. The molecule has 0 radical (unpaired) electrons. The molecule has 1 aliphatic carbocycles. The Bertz CT molecular complexity index is 373. The van der Waals surface area contributed by atoms with E-state index in [0.29, 0.717) is 11.7 Å². The number of anilines is 1. The van der Waals surface area contributed by atoms with Gasteiger partial charge in [0.2, 0.25) is 0 Å². The molecule has 0 saturated heterocycles. The maximum Gasteiger partial charge on any atom is 0.140 e. The Hall–Kier alpha value is -1.56. The second-order valence-corrected chi connectivity index (χ2v) is 4.29. The summed E-state index contributed by atoms with van der Waals surface area (Å²) >= 11 is 0. The number of hydrogen-bond donors (Lipinski definition) is 0. The lowest BCUT2D eigenvalue weighted by Gasteiger charge is -2.24. The van der Waals surface area contributed by atoms with Crippen molar-refractivity contribution < 1.29 is 0 Å². The van der Waals surface area contributed by atoms with Crippen LogP contribution in [0.15, 0.2) is 18.3 Å². The molecule has 3 heteroatoms. The molecular formula is C13H17N3. The van der Waals surface area contributed by atoms with Gasteiger partial charge >= 0.3 is 0 Å². The molecule has 0 amide bonds. The molecular weight excluding hydrogens is 198 g/mol. The van der Waals surface area contributed by atoms with Gasteiger partial charge in [-0.25, -0.2) is 4.98 Å². The van der Waals surface area contributed by atoms with E-state index in [-0.39, 0.29) is 0 Å². The van der Waals surface area contributed by atoms with E-state index in [1.54, 1.807) is 6.07 Å². The van der Waals surface area contributed by atoms with Crippen molar-refractivity contribution in [1.82, 2.24) is 4.98 Å². The van der Waals surface area contributed by atoms with Crippen LogP contribution in [0.5, 0.6) is 0 Å². The van der Waals surface area contributed by atoms with Crippen LogP contribution in [0.1, 0.15) is 38.3 Å². The molecule has 0 N–H and O–H groups in total. The molecule has 16 heavy (non-hydrogen) atoms. The summed E-state index contributed by atoms with van der Waals surface area (Å²) in [4.78, 5) is 6.56. The third kappa shape index (κ3) is 2.52. The maximum atomic E-state index is 8.70. The summed E-state index contributed by atoms with van der Waals surface area (Å²) in [5.74, 6) is 0. The van der Waals surface area contributed by atoms with Crippen LogP contribution in [0.25, 0.3) is 0 Å². The highest BCUT2D eigenvalue weighted by atomic mass is 15.2. The van der Waals surface area contributed by atoms with E-state index in [4.69, 9.17) is 5.26 Å². The van der Waals surface area contributed by atoms with Crippen molar-refractivity contribution in [2.75, 3.05) is 11.4 Å². The van der Waals surface area contributed by atoms with Crippen molar-refractivity contribution in [3.8, 4) is 6.07 Å². The summed E-state index contributed by atoms with van der Waals surface area (Å²) in [5.41, 5.74) is 1.66. The SMILES string of the molecule is CCCCN(c1ccc(C#N)nc1)C1CC1. The second kappa shape index (κ2) is 4.98. The molecule has 0 aromatic carbocycles. The van der Waals surface area contributed by atoms with Crippen molar-refractivity contribution in [2.45, 2.75) is 38.6 Å². The molecule has 1 heterocycles. The predicted octanol–water partition coefficient (Wildman–Crippen LogP) is 2.72. The lowest BCUT2D eigenvalue weighted by molar-refractivity contribution is 0.712. The molecule has 0 unspecified atom stereocenters. The minimum absolute atomic E-state index is 0.495. The van der Waals surface area contributed by atoms with Gasteiger partial charge in [-0.1, -0.05) is 13.3 Å². The van der Waals surface area contributed by atoms with E-state index in [1.165, 1.54) is 25.7 Å². The molecule has 0 aliphatic heterocycles.